The maximum Gasteiger partial charge on any atom is 0.254 e. The van der Waals surface area contributed by atoms with E-state index in [0.29, 0.717) is 25.1 Å². The topological polar surface area (TPSA) is 56.4 Å². The number of carbonyl (C=O) groups is 2. The van der Waals surface area contributed by atoms with Crippen LogP contribution in [0.5, 0.6) is 0 Å². The first-order chi connectivity index (χ1) is 20.4. The van der Waals surface area contributed by atoms with Crippen molar-refractivity contribution in [2.45, 2.75) is 39.8 Å². The van der Waals surface area contributed by atoms with Gasteiger partial charge in [-0.1, -0.05) is 79.2 Å². The highest BCUT2D eigenvalue weighted by molar-refractivity contribution is 5.96. The molecule has 0 saturated carbocycles. The van der Waals surface area contributed by atoms with Gasteiger partial charge in [0, 0.05) is 42.3 Å². The highest BCUT2D eigenvalue weighted by atomic mass is 19.1. The molecule has 0 spiro atoms. The first kappa shape index (κ1) is 28.8. The third kappa shape index (κ3) is 7.13. The Balaban J connectivity index is 1.40. The van der Waals surface area contributed by atoms with E-state index in [0.717, 1.165) is 45.1 Å². The van der Waals surface area contributed by atoms with Crippen LogP contribution >= 0.6 is 0 Å². The van der Waals surface area contributed by atoms with Crippen LogP contribution in [0.2, 0.25) is 0 Å². The van der Waals surface area contributed by atoms with Gasteiger partial charge in [-0.05, 0) is 72.4 Å². The van der Waals surface area contributed by atoms with Crippen LogP contribution in [0.1, 0.15) is 45.1 Å². The van der Waals surface area contributed by atoms with Crippen molar-refractivity contribution in [2.75, 3.05) is 13.1 Å². The molecule has 0 aliphatic heterocycles. The summed E-state index contributed by atoms with van der Waals surface area (Å²) in [6.45, 7) is 5.14. The zero-order chi connectivity index (χ0) is 29.5. The van der Waals surface area contributed by atoms with Crippen LogP contribution in [0.25, 0.3) is 10.9 Å². The summed E-state index contributed by atoms with van der Waals surface area (Å²) in [5, 5.41) is 1.14. The lowest BCUT2D eigenvalue weighted by Crippen LogP contribution is -2.43. The summed E-state index contributed by atoms with van der Waals surface area (Å²) >= 11 is 0. The molecule has 6 heteroatoms. The van der Waals surface area contributed by atoms with Gasteiger partial charge in [0.2, 0.25) is 5.91 Å². The molecule has 5 nitrogen and oxygen atoms in total. The van der Waals surface area contributed by atoms with Gasteiger partial charge in [0.15, 0.2) is 0 Å². The fraction of sp³-hybridized carbons (Fsp3) is 0.222. The largest absolute Gasteiger partial charge is 0.361 e. The number of aromatic nitrogens is 1. The number of halogens is 1. The van der Waals surface area contributed by atoms with Crippen LogP contribution in [0.3, 0.4) is 0 Å². The van der Waals surface area contributed by atoms with Gasteiger partial charge in [-0.2, -0.15) is 0 Å². The van der Waals surface area contributed by atoms with Crippen LogP contribution in [-0.4, -0.2) is 39.7 Å². The fourth-order valence-corrected chi connectivity index (χ4v) is 5.14. The predicted octanol–water partition coefficient (Wildman–Crippen LogP) is 7.09. The van der Waals surface area contributed by atoms with Crippen molar-refractivity contribution < 1.29 is 14.0 Å². The summed E-state index contributed by atoms with van der Waals surface area (Å²) in [4.78, 5) is 34.4. The van der Waals surface area contributed by atoms with Gasteiger partial charge in [0.1, 0.15) is 12.4 Å². The molecule has 0 unspecified atom stereocenters. The van der Waals surface area contributed by atoms with Gasteiger partial charge in [0.05, 0.1) is 0 Å². The molecule has 0 saturated heterocycles. The van der Waals surface area contributed by atoms with Gasteiger partial charge < -0.3 is 14.8 Å². The zero-order valence-electron chi connectivity index (χ0n) is 24.1. The standard InChI is InChI=1S/C36H36FN3O2/c1-3-27-12-16-30(17-13-27)36(42)40(24-29-14-18-32(37)19-15-29)25-35(41)39(23-28-10-8-26(2)9-11-28)21-20-31-22-38-34-7-5-4-6-33(31)34/h4-19,22,38H,3,20-21,23-25H2,1-2H3. The minimum Gasteiger partial charge on any atom is -0.361 e. The summed E-state index contributed by atoms with van der Waals surface area (Å²) in [6.07, 6.45) is 3.55. The second kappa shape index (κ2) is 13.3. The third-order valence-electron chi connectivity index (χ3n) is 7.68. The zero-order valence-corrected chi connectivity index (χ0v) is 24.1. The Morgan fingerprint density at radius 1 is 0.762 bits per heavy atom. The lowest BCUT2D eigenvalue weighted by Gasteiger charge is -2.28. The molecule has 0 atom stereocenters. The van der Waals surface area contributed by atoms with E-state index in [1.165, 1.54) is 12.1 Å². The Morgan fingerprint density at radius 3 is 2.07 bits per heavy atom. The summed E-state index contributed by atoms with van der Waals surface area (Å²) in [5.41, 5.74) is 6.79. The second-order valence-electron chi connectivity index (χ2n) is 10.7. The van der Waals surface area contributed by atoms with E-state index in [1.54, 1.807) is 17.0 Å². The van der Waals surface area contributed by atoms with Crippen LogP contribution < -0.4 is 0 Å². The van der Waals surface area contributed by atoms with Crippen LogP contribution in [-0.2, 0) is 30.7 Å². The predicted molar refractivity (Wildman–Crippen MR) is 166 cm³/mol. The molecule has 214 valence electrons. The van der Waals surface area contributed by atoms with Crippen molar-refractivity contribution in [2.24, 2.45) is 0 Å². The number of aryl methyl sites for hydroxylation is 2. The molecule has 2 amide bonds. The van der Waals surface area contributed by atoms with Crippen molar-refractivity contribution in [3.8, 4) is 0 Å². The molecule has 0 radical (unpaired) electrons. The second-order valence-corrected chi connectivity index (χ2v) is 10.7. The van der Waals surface area contributed by atoms with E-state index in [-0.39, 0.29) is 30.7 Å². The molecule has 4 aromatic carbocycles. The number of rotatable bonds is 11. The van der Waals surface area contributed by atoms with Gasteiger partial charge in [-0.3, -0.25) is 9.59 Å². The van der Waals surface area contributed by atoms with Crippen LogP contribution in [0.4, 0.5) is 4.39 Å². The van der Waals surface area contributed by atoms with E-state index >= 15 is 0 Å². The quantitative estimate of drug-likeness (QED) is 0.187. The number of benzene rings is 4. The van der Waals surface area contributed by atoms with E-state index < -0.39 is 0 Å². The number of hydrogen-bond acceptors (Lipinski definition) is 2. The number of carbonyl (C=O) groups excluding carboxylic acids is 2. The van der Waals surface area contributed by atoms with E-state index in [9.17, 15) is 14.0 Å². The van der Waals surface area contributed by atoms with Crippen LogP contribution in [0, 0.1) is 12.7 Å². The Kier molecular flexibility index (Phi) is 9.12. The molecule has 1 aromatic heterocycles. The number of hydrogen-bond donors (Lipinski definition) is 1. The smallest absolute Gasteiger partial charge is 0.254 e. The molecule has 0 aliphatic rings. The maximum atomic E-state index is 14.0. The normalized spacial score (nSPS) is 11.0. The number of para-hydroxylation sites is 1. The fourth-order valence-electron chi connectivity index (χ4n) is 5.14. The van der Waals surface area contributed by atoms with Crippen molar-refractivity contribution in [1.29, 1.82) is 0 Å². The molecule has 5 rings (SSSR count). The van der Waals surface area contributed by atoms with Gasteiger partial charge in [0.25, 0.3) is 5.91 Å². The van der Waals surface area contributed by atoms with Gasteiger partial charge >= 0.3 is 0 Å². The Labute approximate surface area is 246 Å². The minimum absolute atomic E-state index is 0.0918. The Hall–Kier alpha value is -4.71. The van der Waals surface area contributed by atoms with Crippen LogP contribution in [0.15, 0.2) is 103 Å². The molecule has 5 aromatic rings. The first-order valence-electron chi connectivity index (χ1n) is 14.4. The summed E-state index contributed by atoms with van der Waals surface area (Å²) < 4.78 is 13.6. The van der Waals surface area contributed by atoms with Crippen molar-refractivity contribution in [3.63, 3.8) is 0 Å². The monoisotopic (exact) mass is 561 g/mol. The number of fused-ring (bicyclic) bond motifs is 1. The highest BCUT2D eigenvalue weighted by Crippen LogP contribution is 2.20. The molecule has 1 N–H and O–H groups in total. The average molecular weight is 562 g/mol. The summed E-state index contributed by atoms with van der Waals surface area (Å²) in [5.74, 6) is -0.720. The Bertz CT molecular complexity index is 1640. The lowest BCUT2D eigenvalue weighted by atomic mass is 10.1. The number of H-pyrrole nitrogens is 1. The van der Waals surface area contributed by atoms with Crippen molar-refractivity contribution >= 4 is 22.7 Å². The molecular weight excluding hydrogens is 525 g/mol. The maximum absolute atomic E-state index is 14.0. The first-order valence-corrected chi connectivity index (χ1v) is 14.4. The summed E-state index contributed by atoms with van der Waals surface area (Å²) in [6, 6.07) is 29.9. The van der Waals surface area contributed by atoms with Gasteiger partial charge in [-0.25, -0.2) is 4.39 Å². The molecule has 42 heavy (non-hydrogen) atoms. The Morgan fingerprint density at radius 2 is 1.38 bits per heavy atom. The van der Waals surface area contributed by atoms with Gasteiger partial charge in [-0.15, -0.1) is 0 Å². The molecular formula is C36H36FN3O2. The third-order valence-corrected chi connectivity index (χ3v) is 7.68. The van der Waals surface area contributed by atoms with E-state index in [4.69, 9.17) is 0 Å². The number of nitrogens with zero attached hydrogens (tertiary/aromatic N) is 2. The van der Waals surface area contributed by atoms with E-state index in [1.807, 2.05) is 84.8 Å². The number of nitrogens with one attached hydrogen (secondary N) is 1. The lowest BCUT2D eigenvalue weighted by molar-refractivity contribution is -0.132. The molecule has 1 heterocycles. The summed E-state index contributed by atoms with van der Waals surface area (Å²) in [7, 11) is 0. The molecule has 0 fully saturated rings. The molecule has 0 bridgehead atoms. The molecule has 0 aliphatic carbocycles. The van der Waals surface area contributed by atoms with Crippen molar-refractivity contribution in [3.05, 3.63) is 142 Å². The van der Waals surface area contributed by atoms with Crippen molar-refractivity contribution in [1.82, 2.24) is 14.8 Å². The van der Waals surface area contributed by atoms with E-state index in [2.05, 4.69) is 18.0 Å². The highest BCUT2D eigenvalue weighted by Gasteiger charge is 2.23. The minimum atomic E-state index is -0.343. The number of aromatic amines is 1. The number of amides is 2. The average Bonchev–Trinajstić information content (AvgIpc) is 3.43. The SMILES string of the molecule is CCc1ccc(C(=O)N(CC(=O)N(CCc2c[nH]c3ccccc23)Cc2ccc(C)cc2)Cc2ccc(F)cc2)cc1.